The molecular weight excluding hydrogens is 409 g/mol. The van der Waals surface area contributed by atoms with Gasteiger partial charge in [-0.25, -0.2) is 9.36 Å². The molecule has 0 aromatic heterocycles. The van der Waals surface area contributed by atoms with E-state index in [0.717, 1.165) is 11.1 Å². The molecule has 0 aliphatic rings. The van der Waals surface area contributed by atoms with Gasteiger partial charge in [-0.1, -0.05) is 72.4 Å². The zero-order valence-electron chi connectivity index (χ0n) is 16.2. The Morgan fingerprint density at radius 1 is 1.07 bits per heavy atom. The molecule has 2 aromatic carbocycles. The molecule has 0 fully saturated rings. The van der Waals surface area contributed by atoms with Crippen LogP contribution in [0, 0.1) is 0 Å². The summed E-state index contributed by atoms with van der Waals surface area (Å²) in [5.41, 5.74) is 1.83. The molecule has 2 rings (SSSR count). The Kier molecular flexibility index (Phi) is 10.4. The van der Waals surface area contributed by atoms with Crippen LogP contribution in [0.2, 0.25) is 0 Å². The van der Waals surface area contributed by atoms with Crippen LogP contribution in [0.15, 0.2) is 60.7 Å². The first kappa shape index (κ1) is 23.1. The molecule has 29 heavy (non-hydrogen) atoms. The monoisotopic (exact) mass is 433 g/mol. The molecule has 0 radical (unpaired) electrons. The van der Waals surface area contributed by atoms with Gasteiger partial charge in [0, 0.05) is 24.6 Å². The average molecular weight is 433 g/mol. The van der Waals surface area contributed by atoms with Crippen LogP contribution in [-0.2, 0) is 25.2 Å². The predicted octanol–water partition coefficient (Wildman–Crippen LogP) is 4.96. The highest BCUT2D eigenvalue weighted by Gasteiger charge is 2.26. The number of carbonyl (C=O) groups excluding carboxylic acids is 2. The molecule has 2 aromatic rings. The van der Waals surface area contributed by atoms with Crippen molar-refractivity contribution in [3.63, 3.8) is 0 Å². The van der Waals surface area contributed by atoms with E-state index in [1.807, 2.05) is 60.7 Å². The second-order valence-corrected chi connectivity index (χ2v) is 8.01. The molecule has 6 nitrogen and oxygen atoms in total. The maximum Gasteiger partial charge on any atom is 0.407 e. The highest BCUT2D eigenvalue weighted by molar-refractivity contribution is 8.13. The maximum absolute atomic E-state index is 12.4. The molecule has 8 heteroatoms. The summed E-state index contributed by atoms with van der Waals surface area (Å²) in [4.78, 5) is 23.7. The van der Waals surface area contributed by atoms with Crippen molar-refractivity contribution in [1.29, 1.82) is 0 Å². The van der Waals surface area contributed by atoms with Crippen molar-refractivity contribution in [3.8, 4) is 0 Å². The first-order chi connectivity index (χ1) is 14.1. The van der Waals surface area contributed by atoms with Crippen LogP contribution < -0.4 is 5.32 Å². The second kappa shape index (κ2) is 13.1. The normalized spacial score (nSPS) is 12.9. The summed E-state index contributed by atoms with van der Waals surface area (Å²) < 4.78 is 21.3. The number of carbonyl (C=O) groups is 2. The SMILES string of the molecule is CC(=O)SCCC(NC(=O)OCc1ccccc1)C(COP=O)c1ccccc1. The lowest BCUT2D eigenvalue weighted by atomic mass is 9.90. The van der Waals surface area contributed by atoms with Crippen molar-refractivity contribution in [2.45, 2.75) is 31.9 Å². The van der Waals surface area contributed by atoms with Gasteiger partial charge in [0.25, 0.3) is 0 Å². The zero-order chi connectivity index (χ0) is 20.9. The van der Waals surface area contributed by atoms with Crippen molar-refractivity contribution < 1.29 is 23.4 Å². The first-order valence-corrected chi connectivity index (χ1v) is 10.9. The minimum atomic E-state index is -0.549. The van der Waals surface area contributed by atoms with Gasteiger partial charge in [-0.15, -0.1) is 0 Å². The van der Waals surface area contributed by atoms with Gasteiger partial charge in [-0.05, 0) is 17.5 Å². The second-order valence-electron chi connectivity index (χ2n) is 6.33. The van der Waals surface area contributed by atoms with E-state index in [0.29, 0.717) is 12.2 Å². The molecule has 1 N–H and O–H groups in total. The van der Waals surface area contributed by atoms with Gasteiger partial charge in [0.1, 0.15) is 6.61 Å². The molecule has 2 unspecified atom stereocenters. The molecule has 0 bridgehead atoms. The molecule has 0 saturated carbocycles. The largest absolute Gasteiger partial charge is 0.445 e. The minimum absolute atomic E-state index is 0.0148. The Hall–Kier alpha value is -2.21. The fraction of sp³-hybridized carbons (Fsp3) is 0.333. The predicted molar refractivity (Wildman–Crippen MR) is 114 cm³/mol. The zero-order valence-corrected chi connectivity index (χ0v) is 17.9. The number of hydrogen-bond acceptors (Lipinski definition) is 6. The summed E-state index contributed by atoms with van der Waals surface area (Å²) in [5.74, 6) is 0.298. The van der Waals surface area contributed by atoms with Gasteiger partial charge in [0.2, 0.25) is 0 Å². The van der Waals surface area contributed by atoms with Crippen LogP contribution in [-0.4, -0.2) is 29.6 Å². The van der Waals surface area contributed by atoms with Gasteiger partial charge in [-0.2, -0.15) is 0 Å². The molecule has 0 saturated heterocycles. The third-order valence-corrected chi connectivity index (χ3v) is 5.37. The number of benzene rings is 2. The van der Waals surface area contributed by atoms with E-state index >= 15 is 0 Å². The smallest absolute Gasteiger partial charge is 0.407 e. The van der Waals surface area contributed by atoms with E-state index < -0.39 is 14.8 Å². The molecule has 0 aliphatic carbocycles. The van der Waals surface area contributed by atoms with Crippen molar-refractivity contribution in [2.75, 3.05) is 12.4 Å². The Bertz CT molecular complexity index is 775. The summed E-state index contributed by atoms with van der Waals surface area (Å²) in [7, 11) is -0.423. The number of rotatable bonds is 11. The number of hydrogen-bond donors (Lipinski definition) is 1. The Balaban J connectivity index is 2.08. The molecule has 154 valence electrons. The summed E-state index contributed by atoms with van der Waals surface area (Å²) in [5, 5.41) is 2.91. The van der Waals surface area contributed by atoms with Crippen LogP contribution in [0.1, 0.15) is 30.4 Å². The number of amides is 1. The van der Waals surface area contributed by atoms with E-state index in [-0.39, 0.29) is 30.3 Å². The van der Waals surface area contributed by atoms with E-state index in [4.69, 9.17) is 9.26 Å². The van der Waals surface area contributed by atoms with Crippen molar-refractivity contribution in [3.05, 3.63) is 71.8 Å². The van der Waals surface area contributed by atoms with Crippen LogP contribution in [0.5, 0.6) is 0 Å². The van der Waals surface area contributed by atoms with Crippen LogP contribution in [0.4, 0.5) is 4.79 Å². The quantitative estimate of drug-likeness (QED) is 0.505. The van der Waals surface area contributed by atoms with Gasteiger partial charge in [0.15, 0.2) is 5.12 Å². The summed E-state index contributed by atoms with van der Waals surface area (Å²) in [6.45, 7) is 1.83. The van der Waals surface area contributed by atoms with Gasteiger partial charge < -0.3 is 10.1 Å². The van der Waals surface area contributed by atoms with E-state index in [1.54, 1.807) is 0 Å². The molecule has 1 amide bonds. The molecule has 2 atom stereocenters. The van der Waals surface area contributed by atoms with E-state index in [2.05, 4.69) is 5.32 Å². The van der Waals surface area contributed by atoms with Crippen molar-refractivity contribution >= 4 is 31.7 Å². The summed E-state index contributed by atoms with van der Waals surface area (Å²) in [6.07, 6.45) is -0.0177. The van der Waals surface area contributed by atoms with Gasteiger partial charge in [-0.3, -0.25) is 9.32 Å². The average Bonchev–Trinajstić information content (AvgIpc) is 2.73. The van der Waals surface area contributed by atoms with Crippen molar-refractivity contribution in [1.82, 2.24) is 5.32 Å². The highest BCUT2D eigenvalue weighted by atomic mass is 32.2. The molecule has 0 aliphatic heterocycles. The minimum Gasteiger partial charge on any atom is -0.445 e. The van der Waals surface area contributed by atoms with Gasteiger partial charge in [0.05, 0.1) is 6.61 Å². The first-order valence-electron chi connectivity index (χ1n) is 9.20. The fourth-order valence-corrected chi connectivity index (χ4v) is 3.76. The molecule has 0 spiro atoms. The number of nitrogens with one attached hydrogen (secondary N) is 1. The van der Waals surface area contributed by atoms with E-state index in [9.17, 15) is 14.2 Å². The third kappa shape index (κ3) is 8.77. The lowest BCUT2D eigenvalue weighted by Gasteiger charge is -2.27. The summed E-state index contributed by atoms with van der Waals surface area (Å²) in [6, 6.07) is 18.6. The fourth-order valence-electron chi connectivity index (χ4n) is 2.88. The Morgan fingerprint density at radius 2 is 1.72 bits per heavy atom. The number of ether oxygens (including phenoxy) is 1. The molecule has 0 heterocycles. The third-order valence-electron chi connectivity index (χ3n) is 4.27. The summed E-state index contributed by atoms with van der Waals surface area (Å²) >= 11 is 1.20. The van der Waals surface area contributed by atoms with Crippen LogP contribution >= 0.6 is 20.4 Å². The Labute approximate surface area is 176 Å². The lowest BCUT2D eigenvalue weighted by Crippen LogP contribution is -2.41. The van der Waals surface area contributed by atoms with Crippen molar-refractivity contribution in [2.24, 2.45) is 0 Å². The standard InChI is InChI=1S/C21H24NO5PS/c1-16(23)29-13-12-20(19(15-27-28-25)18-10-6-3-7-11-18)22-21(24)26-14-17-8-4-2-5-9-17/h2-11,19-20H,12-15H2,1H3,(H,22,24). The highest BCUT2D eigenvalue weighted by Crippen LogP contribution is 2.25. The van der Waals surface area contributed by atoms with Crippen LogP contribution in [0.25, 0.3) is 0 Å². The van der Waals surface area contributed by atoms with Gasteiger partial charge >= 0.3 is 14.8 Å². The van der Waals surface area contributed by atoms with E-state index in [1.165, 1.54) is 18.7 Å². The maximum atomic E-state index is 12.4. The number of alkyl carbamates (subject to hydrolysis) is 1. The Morgan fingerprint density at radius 3 is 2.34 bits per heavy atom. The van der Waals surface area contributed by atoms with Crippen LogP contribution in [0.3, 0.4) is 0 Å². The number of thioether (sulfide) groups is 1. The molecular formula is C21H24NO5PS. The lowest BCUT2D eigenvalue weighted by molar-refractivity contribution is -0.109. The topological polar surface area (TPSA) is 81.7 Å².